The number of nitrogens with zero attached hydrogens (tertiary/aromatic N) is 1. The summed E-state index contributed by atoms with van der Waals surface area (Å²) in [5, 5.41) is 1.23. The van der Waals surface area contributed by atoms with Crippen LogP contribution in [0, 0.1) is 6.92 Å². The lowest BCUT2D eigenvalue weighted by Gasteiger charge is -2.15. The van der Waals surface area contributed by atoms with Crippen LogP contribution in [0.2, 0.25) is 0 Å². The highest BCUT2D eigenvalue weighted by molar-refractivity contribution is 5.80. The zero-order chi connectivity index (χ0) is 10.3. The standard InChI is InChI=1S/C12H16N2/c1-8-5-6-13-11-9(8)7-10(14-11)12(2,3)4/h5-7H,1-4H3,(H,13,14). The second-order valence-corrected chi connectivity index (χ2v) is 4.82. The minimum absolute atomic E-state index is 0.160. The van der Waals surface area contributed by atoms with E-state index in [0.717, 1.165) is 5.65 Å². The number of fused-ring (bicyclic) bond motifs is 1. The second kappa shape index (κ2) is 2.84. The number of hydrogen-bond acceptors (Lipinski definition) is 1. The van der Waals surface area contributed by atoms with Gasteiger partial charge >= 0.3 is 0 Å². The van der Waals surface area contributed by atoms with Crippen molar-refractivity contribution in [3.05, 3.63) is 29.6 Å². The van der Waals surface area contributed by atoms with Gasteiger partial charge in [0.05, 0.1) is 0 Å². The fourth-order valence-corrected chi connectivity index (χ4v) is 1.56. The summed E-state index contributed by atoms with van der Waals surface area (Å²) in [7, 11) is 0. The maximum absolute atomic E-state index is 4.32. The first-order valence-electron chi connectivity index (χ1n) is 4.93. The van der Waals surface area contributed by atoms with Gasteiger partial charge in [-0.15, -0.1) is 0 Å². The molecule has 2 heterocycles. The molecule has 2 aromatic rings. The lowest BCUT2D eigenvalue weighted by atomic mass is 9.92. The fraction of sp³-hybridized carbons (Fsp3) is 0.417. The van der Waals surface area contributed by atoms with Crippen molar-refractivity contribution in [3.63, 3.8) is 0 Å². The largest absolute Gasteiger partial charge is 0.343 e. The van der Waals surface area contributed by atoms with E-state index in [1.54, 1.807) is 0 Å². The van der Waals surface area contributed by atoms with E-state index in [1.807, 2.05) is 12.3 Å². The third-order valence-corrected chi connectivity index (χ3v) is 2.56. The summed E-state index contributed by atoms with van der Waals surface area (Å²) in [6.45, 7) is 8.72. The highest BCUT2D eigenvalue weighted by Gasteiger charge is 2.16. The monoisotopic (exact) mass is 188 g/mol. The van der Waals surface area contributed by atoms with Gasteiger partial charge in [-0.2, -0.15) is 0 Å². The number of H-pyrrole nitrogens is 1. The van der Waals surface area contributed by atoms with E-state index < -0.39 is 0 Å². The second-order valence-electron chi connectivity index (χ2n) is 4.82. The minimum atomic E-state index is 0.160. The average Bonchev–Trinajstić information content (AvgIpc) is 2.48. The average molecular weight is 188 g/mol. The Bertz CT molecular complexity index is 461. The molecule has 0 amide bonds. The smallest absolute Gasteiger partial charge is 0.137 e. The lowest BCUT2D eigenvalue weighted by molar-refractivity contribution is 0.574. The molecule has 0 fully saturated rings. The summed E-state index contributed by atoms with van der Waals surface area (Å²) in [5.74, 6) is 0. The van der Waals surface area contributed by atoms with Crippen molar-refractivity contribution < 1.29 is 0 Å². The SMILES string of the molecule is Cc1ccnc2[nH]c(C(C)(C)C)cc12. The van der Waals surface area contributed by atoms with Crippen LogP contribution in [0.15, 0.2) is 18.3 Å². The third kappa shape index (κ3) is 1.41. The predicted molar refractivity (Wildman–Crippen MR) is 59.5 cm³/mol. The Morgan fingerprint density at radius 2 is 2.00 bits per heavy atom. The van der Waals surface area contributed by atoms with Crippen LogP contribution < -0.4 is 0 Å². The summed E-state index contributed by atoms with van der Waals surface area (Å²) < 4.78 is 0. The number of nitrogens with one attached hydrogen (secondary N) is 1. The number of rotatable bonds is 0. The molecule has 0 saturated heterocycles. The Kier molecular flexibility index (Phi) is 1.88. The summed E-state index contributed by atoms with van der Waals surface area (Å²) in [5.41, 5.74) is 3.68. The molecule has 0 aliphatic heterocycles. The topological polar surface area (TPSA) is 28.7 Å². The van der Waals surface area contributed by atoms with Crippen molar-refractivity contribution in [1.29, 1.82) is 0 Å². The van der Waals surface area contributed by atoms with E-state index in [9.17, 15) is 0 Å². The zero-order valence-corrected chi connectivity index (χ0v) is 9.18. The van der Waals surface area contributed by atoms with E-state index in [4.69, 9.17) is 0 Å². The van der Waals surface area contributed by atoms with Gasteiger partial charge in [-0.25, -0.2) is 4.98 Å². The zero-order valence-electron chi connectivity index (χ0n) is 9.18. The van der Waals surface area contributed by atoms with Crippen molar-refractivity contribution >= 4 is 11.0 Å². The summed E-state index contributed by atoms with van der Waals surface area (Å²) >= 11 is 0. The van der Waals surface area contributed by atoms with Crippen LogP contribution in [0.25, 0.3) is 11.0 Å². The number of aromatic nitrogens is 2. The molecule has 14 heavy (non-hydrogen) atoms. The molecular weight excluding hydrogens is 172 g/mol. The van der Waals surface area contributed by atoms with Crippen LogP contribution in [-0.4, -0.2) is 9.97 Å². The van der Waals surface area contributed by atoms with Gasteiger partial charge in [-0.3, -0.25) is 0 Å². The molecule has 0 atom stereocenters. The number of aromatic amines is 1. The Morgan fingerprint density at radius 1 is 1.29 bits per heavy atom. The molecule has 0 aromatic carbocycles. The Morgan fingerprint density at radius 3 is 2.57 bits per heavy atom. The van der Waals surface area contributed by atoms with Gasteiger partial charge in [0.2, 0.25) is 0 Å². The molecule has 2 aromatic heterocycles. The van der Waals surface area contributed by atoms with Gasteiger partial charge in [0.25, 0.3) is 0 Å². The first kappa shape index (κ1) is 9.25. The minimum Gasteiger partial charge on any atom is -0.343 e. The molecule has 0 radical (unpaired) electrons. The molecule has 0 unspecified atom stereocenters. The molecule has 0 bridgehead atoms. The Hall–Kier alpha value is -1.31. The van der Waals surface area contributed by atoms with E-state index in [2.05, 4.69) is 43.7 Å². The van der Waals surface area contributed by atoms with Gasteiger partial charge in [-0.05, 0) is 24.6 Å². The Balaban J connectivity index is 2.69. The number of pyridine rings is 1. The molecule has 2 heteroatoms. The Labute approximate surface area is 84.4 Å². The summed E-state index contributed by atoms with van der Waals surface area (Å²) in [6, 6.07) is 4.25. The van der Waals surface area contributed by atoms with Gasteiger partial charge in [0.15, 0.2) is 0 Å². The van der Waals surface area contributed by atoms with Crippen LogP contribution in [0.5, 0.6) is 0 Å². The lowest BCUT2D eigenvalue weighted by Crippen LogP contribution is -2.11. The van der Waals surface area contributed by atoms with Crippen molar-refractivity contribution in [1.82, 2.24) is 9.97 Å². The van der Waals surface area contributed by atoms with Crippen molar-refractivity contribution in [3.8, 4) is 0 Å². The van der Waals surface area contributed by atoms with E-state index in [-0.39, 0.29) is 5.41 Å². The van der Waals surface area contributed by atoms with Crippen LogP contribution in [-0.2, 0) is 5.41 Å². The van der Waals surface area contributed by atoms with Gasteiger partial charge in [0.1, 0.15) is 5.65 Å². The molecule has 0 saturated carbocycles. The number of hydrogen-bond donors (Lipinski definition) is 1. The van der Waals surface area contributed by atoms with Crippen LogP contribution in [0.4, 0.5) is 0 Å². The van der Waals surface area contributed by atoms with Crippen molar-refractivity contribution in [2.75, 3.05) is 0 Å². The van der Waals surface area contributed by atoms with Crippen LogP contribution in [0.3, 0.4) is 0 Å². The van der Waals surface area contributed by atoms with Crippen LogP contribution in [0.1, 0.15) is 32.0 Å². The third-order valence-electron chi connectivity index (χ3n) is 2.56. The summed E-state index contributed by atoms with van der Waals surface area (Å²) in [6.07, 6.45) is 1.85. The molecule has 0 aliphatic carbocycles. The first-order valence-corrected chi connectivity index (χ1v) is 4.93. The maximum atomic E-state index is 4.32. The maximum Gasteiger partial charge on any atom is 0.137 e. The molecule has 0 spiro atoms. The van der Waals surface area contributed by atoms with Gasteiger partial charge in [0, 0.05) is 22.7 Å². The quantitative estimate of drug-likeness (QED) is 0.676. The van der Waals surface area contributed by atoms with Crippen LogP contribution >= 0.6 is 0 Å². The van der Waals surface area contributed by atoms with E-state index in [1.165, 1.54) is 16.6 Å². The van der Waals surface area contributed by atoms with E-state index >= 15 is 0 Å². The van der Waals surface area contributed by atoms with Crippen molar-refractivity contribution in [2.45, 2.75) is 33.1 Å². The molecule has 2 nitrogen and oxygen atoms in total. The summed E-state index contributed by atoms with van der Waals surface area (Å²) in [4.78, 5) is 7.69. The molecule has 74 valence electrons. The normalized spacial score (nSPS) is 12.3. The fourth-order valence-electron chi connectivity index (χ4n) is 1.56. The molecule has 1 N–H and O–H groups in total. The molecule has 2 rings (SSSR count). The first-order chi connectivity index (χ1) is 6.48. The number of aryl methyl sites for hydroxylation is 1. The molecule has 0 aliphatic rings. The predicted octanol–water partition coefficient (Wildman–Crippen LogP) is 3.17. The van der Waals surface area contributed by atoms with E-state index in [0.29, 0.717) is 0 Å². The van der Waals surface area contributed by atoms with Crippen molar-refractivity contribution in [2.24, 2.45) is 0 Å². The highest BCUT2D eigenvalue weighted by atomic mass is 14.9. The highest BCUT2D eigenvalue weighted by Crippen LogP contribution is 2.26. The van der Waals surface area contributed by atoms with Gasteiger partial charge in [-0.1, -0.05) is 20.8 Å². The molecular formula is C12H16N2. The van der Waals surface area contributed by atoms with Gasteiger partial charge < -0.3 is 4.98 Å².